The van der Waals surface area contributed by atoms with Gasteiger partial charge in [-0.25, -0.2) is 0 Å². The standard InChI is InChI=1S/C46H30N6/c47-25-29-13-17-45-40(21-29)41-22-30(26-48)14-18-46(41)51(45)35-20-31(27-49)19-33(24-35)36-16-15-32(23-34(36)28-50)37-7-1-4-10-42(37)52-43-11-5-2-8-38(43)39-9-3-6-12-44(39)52/h1,5-7,11-14,16-24,32,39,44H,2,4,8,10,15H2. The molecule has 4 aliphatic carbocycles. The summed E-state index contributed by atoms with van der Waals surface area (Å²) in [7, 11) is 0. The van der Waals surface area contributed by atoms with Crippen molar-refractivity contribution < 1.29 is 0 Å². The van der Waals surface area contributed by atoms with Crippen LogP contribution in [0.25, 0.3) is 33.1 Å². The summed E-state index contributed by atoms with van der Waals surface area (Å²) in [6.07, 6.45) is 22.3. The van der Waals surface area contributed by atoms with Gasteiger partial charge in [-0.05, 0) is 121 Å². The van der Waals surface area contributed by atoms with E-state index in [4.69, 9.17) is 0 Å². The minimum atomic E-state index is 0.0268. The summed E-state index contributed by atoms with van der Waals surface area (Å²) in [5.74, 6) is 6.98. The molecule has 4 aromatic rings. The summed E-state index contributed by atoms with van der Waals surface area (Å²) >= 11 is 0. The second-order valence-electron chi connectivity index (χ2n) is 13.7. The molecule has 0 amide bonds. The van der Waals surface area contributed by atoms with Gasteiger partial charge in [-0.1, -0.05) is 48.3 Å². The van der Waals surface area contributed by atoms with Crippen molar-refractivity contribution in [1.82, 2.24) is 9.47 Å². The Balaban J connectivity index is 1.13. The fraction of sp³-hybridized carbons (Fsp3) is 0.174. The highest BCUT2D eigenvalue weighted by atomic mass is 15.2. The molecule has 6 heteroatoms. The molecule has 9 rings (SSSR count). The Morgan fingerprint density at radius 1 is 0.750 bits per heavy atom. The van der Waals surface area contributed by atoms with E-state index in [1.54, 1.807) is 12.1 Å². The molecule has 244 valence electrons. The van der Waals surface area contributed by atoms with Gasteiger partial charge >= 0.3 is 0 Å². The Labute approximate surface area is 302 Å². The smallest absolute Gasteiger partial charge is 0.0994 e. The molecule has 0 N–H and O–H groups in total. The maximum Gasteiger partial charge on any atom is 0.0994 e. The van der Waals surface area contributed by atoms with Crippen molar-refractivity contribution in [2.24, 2.45) is 11.8 Å². The van der Waals surface area contributed by atoms with Gasteiger partial charge in [0, 0.05) is 33.8 Å². The van der Waals surface area contributed by atoms with Crippen molar-refractivity contribution in [1.29, 1.82) is 21.0 Å². The first-order valence-electron chi connectivity index (χ1n) is 17.6. The van der Waals surface area contributed by atoms with E-state index in [0.29, 0.717) is 22.3 Å². The number of aromatic nitrogens is 1. The normalized spacial score (nSPS) is 21.4. The number of allylic oxidation sites excluding steroid dienone is 11. The van der Waals surface area contributed by atoms with Gasteiger partial charge in [0.15, 0.2) is 0 Å². The van der Waals surface area contributed by atoms with Crippen LogP contribution in [0.4, 0.5) is 0 Å². The van der Waals surface area contributed by atoms with E-state index in [-0.39, 0.29) is 17.9 Å². The monoisotopic (exact) mass is 666 g/mol. The van der Waals surface area contributed by atoms with Crippen LogP contribution in [0.3, 0.4) is 0 Å². The molecule has 1 aromatic heterocycles. The Hall–Kier alpha value is -7.04. The van der Waals surface area contributed by atoms with E-state index in [2.05, 4.69) is 88.1 Å². The lowest BCUT2D eigenvalue weighted by Crippen LogP contribution is -2.34. The molecule has 3 unspecified atom stereocenters. The van der Waals surface area contributed by atoms with Crippen LogP contribution in [-0.4, -0.2) is 15.5 Å². The molecule has 2 heterocycles. The van der Waals surface area contributed by atoms with Gasteiger partial charge in [0.25, 0.3) is 0 Å². The van der Waals surface area contributed by atoms with Crippen molar-refractivity contribution in [3.05, 3.63) is 154 Å². The van der Waals surface area contributed by atoms with Gasteiger partial charge < -0.3 is 9.47 Å². The third-order valence-corrected chi connectivity index (χ3v) is 10.9. The maximum atomic E-state index is 10.6. The average Bonchev–Trinajstić information content (AvgIpc) is 3.72. The predicted molar refractivity (Wildman–Crippen MR) is 202 cm³/mol. The number of hydrogen-bond donors (Lipinski definition) is 0. The number of nitrogens with zero attached hydrogens (tertiary/aromatic N) is 6. The Bertz CT molecular complexity index is 2660. The molecule has 52 heavy (non-hydrogen) atoms. The first kappa shape index (κ1) is 31.0. The summed E-state index contributed by atoms with van der Waals surface area (Å²) in [5, 5.41) is 41.8. The van der Waals surface area contributed by atoms with Crippen LogP contribution in [0.2, 0.25) is 0 Å². The van der Waals surface area contributed by atoms with Crippen LogP contribution in [0.1, 0.15) is 54.4 Å². The number of fused-ring (bicyclic) bond motifs is 5. The predicted octanol–water partition coefficient (Wildman–Crippen LogP) is 9.33. The third-order valence-electron chi connectivity index (χ3n) is 10.9. The molecular weight excluding hydrogens is 637 g/mol. The number of nitriles is 4. The van der Waals surface area contributed by atoms with Crippen molar-refractivity contribution in [3.8, 4) is 41.8 Å². The van der Waals surface area contributed by atoms with Crippen molar-refractivity contribution in [3.63, 3.8) is 0 Å². The summed E-state index contributed by atoms with van der Waals surface area (Å²) in [6, 6.07) is 26.3. The first-order chi connectivity index (χ1) is 25.6. The summed E-state index contributed by atoms with van der Waals surface area (Å²) in [6.45, 7) is 0. The van der Waals surface area contributed by atoms with Gasteiger partial charge in [0.05, 0.1) is 69.5 Å². The Morgan fingerprint density at radius 3 is 2.21 bits per heavy atom. The summed E-state index contributed by atoms with van der Waals surface area (Å²) in [4.78, 5) is 2.53. The minimum Gasteiger partial charge on any atom is -0.336 e. The van der Waals surface area contributed by atoms with Crippen LogP contribution >= 0.6 is 0 Å². The highest BCUT2D eigenvalue weighted by molar-refractivity contribution is 6.10. The zero-order valence-corrected chi connectivity index (χ0v) is 28.3. The molecule has 0 radical (unpaired) electrons. The molecule has 0 bridgehead atoms. The average molecular weight is 667 g/mol. The van der Waals surface area contributed by atoms with Gasteiger partial charge in [-0.3, -0.25) is 0 Å². The molecule has 6 nitrogen and oxygen atoms in total. The second kappa shape index (κ2) is 12.4. The van der Waals surface area contributed by atoms with Crippen LogP contribution in [0.5, 0.6) is 0 Å². The summed E-state index contributed by atoms with van der Waals surface area (Å²) in [5.41, 5.74) is 11.5. The quantitative estimate of drug-likeness (QED) is 0.202. The lowest BCUT2D eigenvalue weighted by molar-refractivity contribution is 0.356. The van der Waals surface area contributed by atoms with E-state index in [1.807, 2.05) is 48.5 Å². The van der Waals surface area contributed by atoms with Gasteiger partial charge in [0.2, 0.25) is 0 Å². The SMILES string of the molecule is N#CC1=CC(C2=C(N3C4=C(CCC=C4)C4C#CC=CC43)CCC=C2)CC=C1c1cc(C#N)cc(-n2c3ccc(C#N)cc3c3cc(C#N)ccc32)c1. The fourth-order valence-corrected chi connectivity index (χ4v) is 8.68. The lowest BCUT2D eigenvalue weighted by atomic mass is 9.80. The van der Waals surface area contributed by atoms with Crippen molar-refractivity contribution in [2.45, 2.75) is 38.1 Å². The largest absolute Gasteiger partial charge is 0.336 e. The molecule has 1 aliphatic heterocycles. The Kier molecular flexibility index (Phi) is 7.37. The van der Waals surface area contributed by atoms with Crippen molar-refractivity contribution in [2.75, 3.05) is 0 Å². The number of hydrogen-bond acceptors (Lipinski definition) is 5. The lowest BCUT2D eigenvalue weighted by Gasteiger charge is -2.36. The molecule has 5 aliphatic rings. The number of rotatable bonds is 4. The maximum absolute atomic E-state index is 10.6. The van der Waals surface area contributed by atoms with Crippen LogP contribution in [0, 0.1) is 69.0 Å². The highest BCUT2D eigenvalue weighted by Crippen LogP contribution is 2.47. The van der Waals surface area contributed by atoms with E-state index < -0.39 is 0 Å². The third kappa shape index (κ3) is 4.84. The first-order valence-corrected chi connectivity index (χ1v) is 17.6. The molecule has 0 spiro atoms. The molecule has 3 atom stereocenters. The van der Waals surface area contributed by atoms with Gasteiger partial charge in [0.1, 0.15) is 0 Å². The van der Waals surface area contributed by atoms with Gasteiger partial charge in [-0.2, -0.15) is 21.0 Å². The van der Waals surface area contributed by atoms with E-state index in [1.165, 1.54) is 22.5 Å². The van der Waals surface area contributed by atoms with E-state index in [9.17, 15) is 21.0 Å². The topological polar surface area (TPSA) is 103 Å². The van der Waals surface area contributed by atoms with Crippen LogP contribution in [0.15, 0.2) is 131 Å². The molecule has 0 saturated heterocycles. The molecule has 0 saturated carbocycles. The van der Waals surface area contributed by atoms with Crippen LogP contribution < -0.4 is 0 Å². The van der Waals surface area contributed by atoms with Gasteiger partial charge in [-0.15, -0.1) is 0 Å². The van der Waals surface area contributed by atoms with E-state index >= 15 is 0 Å². The Morgan fingerprint density at radius 2 is 1.48 bits per heavy atom. The van der Waals surface area contributed by atoms with E-state index in [0.717, 1.165) is 70.7 Å². The molecule has 3 aromatic carbocycles. The highest BCUT2D eigenvalue weighted by Gasteiger charge is 2.41. The molecular formula is C46H30N6. The van der Waals surface area contributed by atoms with Crippen molar-refractivity contribution >= 4 is 27.4 Å². The minimum absolute atomic E-state index is 0.0268. The number of benzene rings is 3. The zero-order valence-electron chi connectivity index (χ0n) is 28.3. The molecule has 0 fully saturated rings. The zero-order chi connectivity index (χ0) is 35.3. The summed E-state index contributed by atoms with van der Waals surface area (Å²) < 4.78 is 2.07. The second-order valence-corrected chi connectivity index (χ2v) is 13.7. The van der Waals surface area contributed by atoms with Crippen LogP contribution in [-0.2, 0) is 0 Å². The fourth-order valence-electron chi connectivity index (χ4n) is 8.68.